The number of thiophene rings is 1. The molecule has 0 amide bonds. The number of nitrogens with zero attached hydrogens (tertiary/aromatic N) is 2. The zero-order valence-electron chi connectivity index (χ0n) is 8.93. The zero-order chi connectivity index (χ0) is 11.7. The zero-order valence-corrected chi connectivity index (χ0v) is 9.75. The average molecular weight is 237 g/mol. The molecule has 84 valence electrons. The van der Waals surface area contributed by atoms with Crippen molar-refractivity contribution in [2.45, 2.75) is 6.92 Å². The van der Waals surface area contributed by atoms with E-state index >= 15 is 0 Å². The molecule has 5 nitrogen and oxygen atoms in total. The summed E-state index contributed by atoms with van der Waals surface area (Å²) in [6.45, 7) is 1.28. The predicted molar refractivity (Wildman–Crippen MR) is 63.3 cm³/mol. The highest BCUT2D eigenvalue weighted by Gasteiger charge is 2.10. The monoisotopic (exact) mass is 237 g/mol. The van der Waals surface area contributed by atoms with Gasteiger partial charge < -0.3 is 15.1 Å². The number of rotatable bonds is 2. The van der Waals surface area contributed by atoms with E-state index in [9.17, 15) is 4.79 Å². The van der Waals surface area contributed by atoms with E-state index in [4.69, 9.17) is 5.73 Å². The van der Waals surface area contributed by atoms with Crippen molar-refractivity contribution in [2.75, 3.05) is 0 Å². The smallest absolute Gasteiger partial charge is 0.332 e. The van der Waals surface area contributed by atoms with Crippen LogP contribution in [0.15, 0.2) is 22.7 Å². The van der Waals surface area contributed by atoms with Crippen LogP contribution in [0.25, 0.3) is 10.2 Å². The summed E-state index contributed by atoms with van der Waals surface area (Å²) in [5, 5.41) is 5.57. The second-order valence-electron chi connectivity index (χ2n) is 3.32. The Kier molecular flexibility index (Phi) is 2.66. The molecule has 0 saturated heterocycles. The van der Waals surface area contributed by atoms with Crippen LogP contribution in [0.2, 0.25) is 0 Å². The van der Waals surface area contributed by atoms with Gasteiger partial charge >= 0.3 is 5.97 Å². The first-order chi connectivity index (χ1) is 7.59. The van der Waals surface area contributed by atoms with Gasteiger partial charge in [0.2, 0.25) is 0 Å². The van der Waals surface area contributed by atoms with E-state index in [2.05, 4.69) is 9.99 Å². The van der Waals surface area contributed by atoms with Crippen molar-refractivity contribution in [1.29, 1.82) is 0 Å². The Morgan fingerprint density at radius 3 is 3.00 bits per heavy atom. The van der Waals surface area contributed by atoms with Gasteiger partial charge in [0.05, 0.1) is 15.9 Å². The fourth-order valence-corrected chi connectivity index (χ4v) is 2.31. The number of aromatic nitrogens is 1. The largest absolute Gasteiger partial charge is 0.379 e. The molecule has 0 aromatic carbocycles. The molecule has 0 saturated carbocycles. The van der Waals surface area contributed by atoms with Crippen LogP contribution in [0.1, 0.15) is 12.6 Å². The van der Waals surface area contributed by atoms with Gasteiger partial charge in [-0.05, 0) is 17.5 Å². The first-order valence-electron chi connectivity index (χ1n) is 4.64. The number of oxime groups is 1. The molecule has 0 aliphatic heterocycles. The lowest BCUT2D eigenvalue weighted by Gasteiger charge is -2.01. The molecule has 2 rings (SSSR count). The Bertz CT molecular complexity index is 568. The SMILES string of the molecule is CC(=O)ON=C(N)c1cc2sccc2n1C. The van der Waals surface area contributed by atoms with E-state index in [0.29, 0.717) is 0 Å². The number of carbonyl (C=O) groups is 1. The quantitative estimate of drug-likeness (QED) is 0.372. The summed E-state index contributed by atoms with van der Waals surface area (Å²) < 4.78 is 3.03. The predicted octanol–water partition coefficient (Wildman–Crippen LogP) is 1.42. The number of fused-ring (bicyclic) bond motifs is 1. The summed E-state index contributed by atoms with van der Waals surface area (Å²) >= 11 is 1.62. The Morgan fingerprint density at radius 2 is 2.38 bits per heavy atom. The van der Waals surface area contributed by atoms with Gasteiger partial charge in [-0.3, -0.25) is 0 Å². The molecule has 2 N–H and O–H groups in total. The first kappa shape index (κ1) is 10.7. The summed E-state index contributed by atoms with van der Waals surface area (Å²) in [5.41, 5.74) is 7.55. The van der Waals surface area contributed by atoms with E-state index in [1.54, 1.807) is 11.3 Å². The lowest BCUT2D eigenvalue weighted by atomic mass is 10.4. The Hall–Kier alpha value is -1.82. The molecule has 0 atom stereocenters. The lowest BCUT2D eigenvalue weighted by Crippen LogP contribution is -2.18. The Labute approximate surface area is 96.1 Å². The maximum atomic E-state index is 10.6. The molecule has 0 spiro atoms. The number of aryl methyl sites for hydroxylation is 1. The molecule has 2 heterocycles. The topological polar surface area (TPSA) is 69.6 Å². The summed E-state index contributed by atoms with van der Waals surface area (Å²) in [6, 6.07) is 3.92. The van der Waals surface area contributed by atoms with Crippen molar-refractivity contribution in [2.24, 2.45) is 17.9 Å². The van der Waals surface area contributed by atoms with E-state index in [1.165, 1.54) is 6.92 Å². The molecule has 2 aromatic heterocycles. The van der Waals surface area contributed by atoms with Crippen LogP contribution < -0.4 is 5.73 Å². The number of nitrogens with two attached hydrogens (primary N) is 1. The van der Waals surface area contributed by atoms with Gasteiger partial charge in [0.25, 0.3) is 0 Å². The molecular weight excluding hydrogens is 226 g/mol. The Morgan fingerprint density at radius 1 is 1.62 bits per heavy atom. The summed E-state index contributed by atoms with van der Waals surface area (Å²) in [7, 11) is 1.89. The van der Waals surface area contributed by atoms with Crippen LogP contribution in [0.4, 0.5) is 0 Å². The fourth-order valence-electron chi connectivity index (χ4n) is 1.46. The van der Waals surface area contributed by atoms with Gasteiger partial charge in [0, 0.05) is 14.0 Å². The lowest BCUT2D eigenvalue weighted by molar-refractivity contribution is -0.140. The van der Waals surface area contributed by atoms with Gasteiger partial charge in [0.1, 0.15) is 0 Å². The van der Waals surface area contributed by atoms with Crippen molar-refractivity contribution in [3.63, 3.8) is 0 Å². The van der Waals surface area contributed by atoms with Crippen LogP contribution in [0.5, 0.6) is 0 Å². The van der Waals surface area contributed by atoms with Gasteiger partial charge in [0.15, 0.2) is 5.84 Å². The van der Waals surface area contributed by atoms with E-state index < -0.39 is 5.97 Å². The molecule has 0 radical (unpaired) electrons. The second kappa shape index (κ2) is 3.97. The summed E-state index contributed by atoms with van der Waals surface area (Å²) in [4.78, 5) is 15.1. The van der Waals surface area contributed by atoms with Crippen molar-refractivity contribution in [1.82, 2.24) is 4.57 Å². The highest BCUT2D eigenvalue weighted by atomic mass is 32.1. The van der Waals surface area contributed by atoms with Crippen molar-refractivity contribution in [3.05, 3.63) is 23.2 Å². The minimum atomic E-state index is -0.487. The van der Waals surface area contributed by atoms with Gasteiger partial charge in [-0.15, -0.1) is 11.3 Å². The highest BCUT2D eigenvalue weighted by molar-refractivity contribution is 7.17. The third-order valence-electron chi connectivity index (χ3n) is 2.20. The maximum Gasteiger partial charge on any atom is 0.332 e. The second-order valence-corrected chi connectivity index (χ2v) is 4.27. The molecule has 0 unspecified atom stereocenters. The van der Waals surface area contributed by atoms with Crippen LogP contribution in [-0.4, -0.2) is 16.4 Å². The molecule has 0 aliphatic carbocycles. The normalized spacial score (nSPS) is 12.0. The van der Waals surface area contributed by atoms with Crippen molar-refractivity contribution >= 4 is 33.4 Å². The van der Waals surface area contributed by atoms with E-state index in [-0.39, 0.29) is 5.84 Å². The number of amidine groups is 1. The van der Waals surface area contributed by atoms with Crippen LogP contribution in [0.3, 0.4) is 0 Å². The minimum Gasteiger partial charge on any atom is -0.379 e. The number of hydrogen-bond acceptors (Lipinski definition) is 4. The molecular formula is C10H11N3O2S. The number of hydrogen-bond donors (Lipinski definition) is 1. The molecule has 0 aliphatic rings. The highest BCUT2D eigenvalue weighted by Crippen LogP contribution is 2.23. The van der Waals surface area contributed by atoms with Crippen LogP contribution >= 0.6 is 11.3 Å². The molecule has 0 fully saturated rings. The summed E-state index contributed by atoms with van der Waals surface area (Å²) in [5.74, 6) is -0.292. The van der Waals surface area contributed by atoms with E-state index in [1.807, 2.05) is 29.1 Å². The van der Waals surface area contributed by atoms with Crippen molar-refractivity contribution in [3.8, 4) is 0 Å². The third-order valence-corrected chi connectivity index (χ3v) is 3.05. The standard InChI is InChI=1S/C10H11N3O2S/c1-6(14)15-12-10(11)8-5-9-7(13(8)2)3-4-16-9/h3-5H,1-2H3,(H2,11,12). The van der Waals surface area contributed by atoms with Gasteiger partial charge in [-0.1, -0.05) is 5.16 Å². The van der Waals surface area contributed by atoms with Gasteiger partial charge in [-0.25, -0.2) is 4.79 Å². The average Bonchev–Trinajstić information content (AvgIpc) is 2.78. The van der Waals surface area contributed by atoms with Gasteiger partial charge in [-0.2, -0.15) is 0 Å². The van der Waals surface area contributed by atoms with Crippen molar-refractivity contribution < 1.29 is 9.63 Å². The van der Waals surface area contributed by atoms with Crippen LogP contribution in [-0.2, 0) is 16.7 Å². The van der Waals surface area contributed by atoms with E-state index in [0.717, 1.165) is 15.9 Å². The minimum absolute atomic E-state index is 0.195. The molecule has 2 aromatic rings. The summed E-state index contributed by atoms with van der Waals surface area (Å²) in [6.07, 6.45) is 0. The van der Waals surface area contributed by atoms with Crippen LogP contribution in [0, 0.1) is 0 Å². The molecule has 6 heteroatoms. The molecule has 16 heavy (non-hydrogen) atoms. The fraction of sp³-hybridized carbons (Fsp3) is 0.200. The first-order valence-corrected chi connectivity index (χ1v) is 5.52. The molecule has 0 bridgehead atoms. The Balaban J connectivity index is 2.39. The third kappa shape index (κ3) is 1.79. The maximum absolute atomic E-state index is 10.6. The number of carbonyl (C=O) groups excluding carboxylic acids is 1.